The third kappa shape index (κ3) is 5.70. The van der Waals surface area contributed by atoms with Crippen LogP contribution in [0.25, 0.3) is 0 Å². The molecule has 0 saturated carbocycles. The maximum Gasteiger partial charge on any atom is 0.191 e. The van der Waals surface area contributed by atoms with Crippen LogP contribution in [0.3, 0.4) is 0 Å². The monoisotopic (exact) mass is 423 g/mol. The van der Waals surface area contributed by atoms with Gasteiger partial charge in [-0.2, -0.15) is 0 Å². The van der Waals surface area contributed by atoms with Crippen LogP contribution in [0.15, 0.2) is 47.5 Å². The van der Waals surface area contributed by atoms with Crippen LogP contribution < -0.4 is 20.1 Å². The fourth-order valence-electron chi connectivity index (χ4n) is 4.04. The number of rotatable bonds is 7. The number of guanidine groups is 1. The van der Waals surface area contributed by atoms with E-state index in [-0.39, 0.29) is 6.10 Å². The lowest BCUT2D eigenvalue weighted by Crippen LogP contribution is -2.40. The second kappa shape index (κ2) is 10.5. The molecule has 166 valence electrons. The normalized spacial score (nSPS) is 20.6. The zero-order chi connectivity index (χ0) is 21.5. The molecule has 31 heavy (non-hydrogen) atoms. The zero-order valence-corrected chi connectivity index (χ0v) is 18.5. The highest BCUT2D eigenvalue weighted by molar-refractivity contribution is 5.79. The molecule has 0 aromatic heterocycles. The van der Waals surface area contributed by atoms with Crippen LogP contribution in [-0.4, -0.2) is 45.0 Å². The maximum absolute atomic E-state index is 6.22. The number of para-hydroxylation sites is 1. The van der Waals surface area contributed by atoms with Gasteiger partial charge in [0.2, 0.25) is 0 Å². The van der Waals surface area contributed by atoms with E-state index in [0.717, 1.165) is 62.2 Å². The lowest BCUT2D eigenvalue weighted by atomic mass is 9.93. The SMILES string of the molecule is CCNC(=NCc1ccc(C)cc1OC1CCOC1)NCC1CCOc2ccccc21. The minimum atomic E-state index is 0.129. The van der Waals surface area contributed by atoms with E-state index in [9.17, 15) is 0 Å². The molecule has 0 aliphatic carbocycles. The summed E-state index contributed by atoms with van der Waals surface area (Å²) in [5.41, 5.74) is 3.54. The van der Waals surface area contributed by atoms with E-state index in [2.05, 4.69) is 60.9 Å². The molecule has 0 spiro atoms. The van der Waals surface area contributed by atoms with E-state index in [1.165, 1.54) is 11.1 Å². The summed E-state index contributed by atoms with van der Waals surface area (Å²) in [6.45, 7) is 8.55. The molecule has 2 aliphatic rings. The van der Waals surface area contributed by atoms with Crippen molar-refractivity contribution in [1.82, 2.24) is 10.6 Å². The Morgan fingerprint density at radius 1 is 1.13 bits per heavy atom. The van der Waals surface area contributed by atoms with Crippen LogP contribution in [0.5, 0.6) is 11.5 Å². The van der Waals surface area contributed by atoms with Crippen LogP contribution in [0.1, 0.15) is 42.4 Å². The Morgan fingerprint density at radius 3 is 2.87 bits per heavy atom. The highest BCUT2D eigenvalue weighted by atomic mass is 16.5. The van der Waals surface area contributed by atoms with Crippen LogP contribution >= 0.6 is 0 Å². The fraction of sp³-hybridized carbons (Fsp3) is 0.480. The number of fused-ring (bicyclic) bond motifs is 1. The molecule has 2 aromatic rings. The third-order valence-corrected chi connectivity index (χ3v) is 5.75. The summed E-state index contributed by atoms with van der Waals surface area (Å²) in [4.78, 5) is 4.84. The average Bonchev–Trinajstić information content (AvgIpc) is 3.30. The van der Waals surface area contributed by atoms with Crippen LogP contribution in [-0.2, 0) is 11.3 Å². The molecule has 6 heteroatoms. The summed E-state index contributed by atoms with van der Waals surface area (Å²) < 4.78 is 17.5. The molecule has 2 unspecified atom stereocenters. The average molecular weight is 424 g/mol. The summed E-state index contributed by atoms with van der Waals surface area (Å²) in [6.07, 6.45) is 2.07. The third-order valence-electron chi connectivity index (χ3n) is 5.75. The van der Waals surface area contributed by atoms with E-state index in [4.69, 9.17) is 19.2 Å². The van der Waals surface area contributed by atoms with Crippen LogP contribution in [0.4, 0.5) is 0 Å². The Kier molecular flexibility index (Phi) is 7.30. The molecule has 2 heterocycles. The number of ether oxygens (including phenoxy) is 3. The van der Waals surface area contributed by atoms with Crippen molar-refractivity contribution in [3.63, 3.8) is 0 Å². The van der Waals surface area contributed by atoms with Gasteiger partial charge in [0.1, 0.15) is 17.6 Å². The molecule has 2 aromatic carbocycles. The van der Waals surface area contributed by atoms with Crippen molar-refractivity contribution in [2.45, 2.75) is 45.3 Å². The first-order valence-corrected chi connectivity index (χ1v) is 11.3. The second-order valence-corrected chi connectivity index (χ2v) is 8.16. The van der Waals surface area contributed by atoms with Gasteiger partial charge in [-0.05, 0) is 43.5 Å². The first-order chi connectivity index (χ1) is 15.2. The Bertz CT molecular complexity index is 893. The van der Waals surface area contributed by atoms with Gasteiger partial charge in [-0.15, -0.1) is 0 Å². The number of nitrogens with zero attached hydrogens (tertiary/aromatic N) is 1. The van der Waals surface area contributed by atoms with Gasteiger partial charge in [0.15, 0.2) is 5.96 Å². The molecule has 0 radical (unpaired) electrons. The van der Waals surface area contributed by atoms with Crippen molar-refractivity contribution in [1.29, 1.82) is 0 Å². The van der Waals surface area contributed by atoms with Gasteiger partial charge in [-0.25, -0.2) is 4.99 Å². The Morgan fingerprint density at radius 2 is 2.03 bits per heavy atom. The molecule has 6 nitrogen and oxygen atoms in total. The summed E-state index contributed by atoms with van der Waals surface area (Å²) in [5, 5.41) is 6.90. The molecule has 2 aliphatic heterocycles. The molecule has 1 saturated heterocycles. The molecule has 0 amide bonds. The number of nitrogens with one attached hydrogen (secondary N) is 2. The highest BCUT2D eigenvalue weighted by Gasteiger charge is 2.21. The fourth-order valence-corrected chi connectivity index (χ4v) is 4.04. The summed E-state index contributed by atoms with van der Waals surface area (Å²) >= 11 is 0. The van der Waals surface area contributed by atoms with Crippen LogP contribution in [0, 0.1) is 6.92 Å². The summed E-state index contributed by atoms with van der Waals surface area (Å²) in [5.74, 6) is 3.14. The lowest BCUT2D eigenvalue weighted by molar-refractivity contribution is 0.140. The van der Waals surface area contributed by atoms with Crippen molar-refractivity contribution >= 4 is 5.96 Å². The van der Waals surface area contributed by atoms with E-state index in [0.29, 0.717) is 19.1 Å². The van der Waals surface area contributed by atoms with E-state index >= 15 is 0 Å². The molecular weight excluding hydrogens is 390 g/mol. The van der Waals surface area contributed by atoms with E-state index in [1.807, 2.05) is 6.07 Å². The number of hydrogen-bond acceptors (Lipinski definition) is 4. The van der Waals surface area contributed by atoms with Crippen molar-refractivity contribution in [2.24, 2.45) is 4.99 Å². The molecule has 0 bridgehead atoms. The van der Waals surface area contributed by atoms with Gasteiger partial charge < -0.3 is 24.8 Å². The number of aryl methyl sites for hydroxylation is 1. The molecule has 4 rings (SSSR count). The second-order valence-electron chi connectivity index (χ2n) is 8.16. The van der Waals surface area contributed by atoms with Crippen LogP contribution in [0.2, 0.25) is 0 Å². The molecule has 2 atom stereocenters. The predicted octanol–water partition coefficient (Wildman–Crippen LogP) is 3.78. The van der Waals surface area contributed by atoms with Gasteiger partial charge in [0, 0.05) is 31.0 Å². The standard InChI is InChI=1S/C25H33N3O3/c1-3-26-25(27-15-19-10-13-30-23-7-5-4-6-22(19)23)28-16-20-9-8-18(2)14-24(20)31-21-11-12-29-17-21/h4-9,14,19,21H,3,10-13,15-17H2,1-2H3,(H2,26,27,28). The molecular formula is C25H33N3O3. The van der Waals surface area contributed by atoms with E-state index < -0.39 is 0 Å². The Labute approximate surface area is 185 Å². The van der Waals surface area contributed by atoms with Gasteiger partial charge in [-0.3, -0.25) is 0 Å². The van der Waals surface area contributed by atoms with Crippen molar-refractivity contribution in [3.05, 3.63) is 59.2 Å². The Hall–Kier alpha value is -2.73. The zero-order valence-electron chi connectivity index (χ0n) is 18.5. The predicted molar refractivity (Wildman–Crippen MR) is 123 cm³/mol. The van der Waals surface area contributed by atoms with Gasteiger partial charge >= 0.3 is 0 Å². The van der Waals surface area contributed by atoms with Crippen molar-refractivity contribution in [2.75, 3.05) is 32.9 Å². The Balaban J connectivity index is 1.42. The number of hydrogen-bond donors (Lipinski definition) is 2. The smallest absolute Gasteiger partial charge is 0.191 e. The molecule has 2 N–H and O–H groups in total. The summed E-state index contributed by atoms with van der Waals surface area (Å²) in [7, 11) is 0. The van der Waals surface area contributed by atoms with Gasteiger partial charge in [0.05, 0.1) is 26.4 Å². The van der Waals surface area contributed by atoms with E-state index in [1.54, 1.807) is 0 Å². The number of benzene rings is 2. The quantitative estimate of drug-likeness (QED) is 0.524. The lowest BCUT2D eigenvalue weighted by Gasteiger charge is -2.26. The van der Waals surface area contributed by atoms with Gasteiger partial charge in [-0.1, -0.05) is 30.3 Å². The first kappa shape index (κ1) is 21.5. The van der Waals surface area contributed by atoms with Crippen molar-refractivity contribution < 1.29 is 14.2 Å². The first-order valence-electron chi connectivity index (χ1n) is 11.3. The van der Waals surface area contributed by atoms with Crippen molar-refractivity contribution in [3.8, 4) is 11.5 Å². The molecule has 1 fully saturated rings. The summed E-state index contributed by atoms with van der Waals surface area (Å²) in [6, 6.07) is 14.6. The topological polar surface area (TPSA) is 64.1 Å². The largest absolute Gasteiger partial charge is 0.493 e. The highest BCUT2D eigenvalue weighted by Crippen LogP contribution is 2.32. The minimum absolute atomic E-state index is 0.129. The minimum Gasteiger partial charge on any atom is -0.493 e. The number of aliphatic imine (C=N–C) groups is 1. The maximum atomic E-state index is 6.22. The van der Waals surface area contributed by atoms with Gasteiger partial charge in [0.25, 0.3) is 0 Å².